The van der Waals surface area contributed by atoms with Crippen LogP contribution in [0.5, 0.6) is 0 Å². The van der Waals surface area contributed by atoms with Crippen LogP contribution < -0.4 is 5.32 Å². The maximum Gasteiger partial charge on any atom is 0.253 e. The first-order valence-corrected chi connectivity index (χ1v) is 13.4. The van der Waals surface area contributed by atoms with Crippen LogP contribution in [0.4, 0.5) is 10.1 Å². The molecule has 7 heteroatoms. The van der Waals surface area contributed by atoms with Crippen LogP contribution in [0.2, 0.25) is 0 Å². The highest BCUT2D eigenvalue weighted by Crippen LogP contribution is 2.31. The summed E-state index contributed by atoms with van der Waals surface area (Å²) in [7, 11) is 0. The summed E-state index contributed by atoms with van der Waals surface area (Å²) in [5.41, 5.74) is 4.39. The number of carbonyl (C=O) groups is 2. The van der Waals surface area contributed by atoms with E-state index in [1.165, 1.54) is 13.0 Å². The van der Waals surface area contributed by atoms with E-state index in [2.05, 4.69) is 39.4 Å². The molecule has 1 heterocycles. The third kappa shape index (κ3) is 6.65. The van der Waals surface area contributed by atoms with Crippen molar-refractivity contribution in [3.05, 3.63) is 101 Å². The van der Waals surface area contributed by atoms with Gasteiger partial charge in [0.25, 0.3) is 5.91 Å². The zero-order valence-corrected chi connectivity index (χ0v) is 22.5. The summed E-state index contributed by atoms with van der Waals surface area (Å²) < 4.78 is 14.2. The number of piperazine rings is 1. The van der Waals surface area contributed by atoms with Crippen molar-refractivity contribution in [3.63, 3.8) is 0 Å². The fraction of sp³-hybridized carbons (Fsp3) is 0.355. The Morgan fingerprint density at radius 1 is 0.868 bits per heavy atom. The number of hydrogen-bond acceptors (Lipinski definition) is 4. The van der Waals surface area contributed by atoms with E-state index in [9.17, 15) is 14.0 Å². The van der Waals surface area contributed by atoms with E-state index in [1.54, 1.807) is 6.07 Å². The standard InChI is InChI=1S/C31H37FN4O2/c1-4-35(5-2)31(38)26-12-10-24(11-13-26)30(25-14-16-28(17-15-25)33-23(3)37)36-20-18-34(19-21-36)22-27-8-6-7-9-29(27)32/h6-17,30H,4-5,18-22H2,1-3H3,(H,33,37). The van der Waals surface area contributed by atoms with Crippen molar-refractivity contribution in [1.29, 1.82) is 0 Å². The van der Waals surface area contributed by atoms with Gasteiger partial charge in [0.2, 0.25) is 5.91 Å². The van der Waals surface area contributed by atoms with Crippen LogP contribution in [-0.4, -0.2) is 65.8 Å². The molecule has 1 fully saturated rings. The first kappa shape index (κ1) is 27.5. The van der Waals surface area contributed by atoms with Crippen molar-refractivity contribution in [3.8, 4) is 0 Å². The van der Waals surface area contributed by atoms with Crippen LogP contribution in [0.1, 0.15) is 53.9 Å². The Labute approximate surface area is 225 Å². The van der Waals surface area contributed by atoms with Gasteiger partial charge in [0.1, 0.15) is 5.82 Å². The highest BCUT2D eigenvalue weighted by atomic mass is 19.1. The molecule has 1 atom stereocenters. The fourth-order valence-corrected chi connectivity index (χ4v) is 5.11. The molecule has 0 bridgehead atoms. The van der Waals surface area contributed by atoms with Crippen LogP contribution in [0.15, 0.2) is 72.8 Å². The van der Waals surface area contributed by atoms with Crippen molar-refractivity contribution in [2.24, 2.45) is 0 Å². The van der Waals surface area contributed by atoms with Crippen molar-refractivity contribution in [2.45, 2.75) is 33.4 Å². The van der Waals surface area contributed by atoms with Gasteiger partial charge in [0, 0.05) is 69.6 Å². The molecule has 0 saturated carbocycles. The molecule has 3 aromatic carbocycles. The quantitative estimate of drug-likeness (QED) is 0.426. The van der Waals surface area contributed by atoms with E-state index < -0.39 is 0 Å². The number of hydrogen-bond donors (Lipinski definition) is 1. The van der Waals surface area contributed by atoms with E-state index in [1.807, 2.05) is 55.1 Å². The number of carbonyl (C=O) groups excluding carboxylic acids is 2. The lowest BCUT2D eigenvalue weighted by Gasteiger charge is -2.40. The lowest BCUT2D eigenvalue weighted by molar-refractivity contribution is -0.114. The second-order valence-electron chi connectivity index (χ2n) is 9.71. The Morgan fingerprint density at radius 2 is 1.45 bits per heavy atom. The van der Waals surface area contributed by atoms with E-state index in [0.717, 1.165) is 48.6 Å². The molecule has 1 unspecified atom stereocenters. The van der Waals surface area contributed by atoms with E-state index >= 15 is 0 Å². The number of nitrogens with one attached hydrogen (secondary N) is 1. The first-order chi connectivity index (χ1) is 18.4. The van der Waals surface area contributed by atoms with Gasteiger partial charge in [-0.1, -0.05) is 42.5 Å². The highest BCUT2D eigenvalue weighted by Gasteiger charge is 2.27. The molecule has 0 spiro atoms. The summed E-state index contributed by atoms with van der Waals surface area (Å²) in [4.78, 5) is 30.9. The third-order valence-corrected chi connectivity index (χ3v) is 7.19. The van der Waals surface area contributed by atoms with E-state index in [4.69, 9.17) is 0 Å². The minimum absolute atomic E-state index is 0.00500. The molecular weight excluding hydrogens is 479 g/mol. The zero-order valence-electron chi connectivity index (χ0n) is 22.5. The van der Waals surface area contributed by atoms with Gasteiger partial charge in [-0.05, 0) is 55.3 Å². The van der Waals surface area contributed by atoms with Crippen molar-refractivity contribution in [1.82, 2.24) is 14.7 Å². The minimum atomic E-state index is -0.161. The van der Waals surface area contributed by atoms with Gasteiger partial charge in [-0.2, -0.15) is 0 Å². The monoisotopic (exact) mass is 516 g/mol. The van der Waals surface area contributed by atoms with Gasteiger partial charge in [0.15, 0.2) is 0 Å². The van der Waals surface area contributed by atoms with E-state index in [-0.39, 0.29) is 23.7 Å². The topological polar surface area (TPSA) is 55.9 Å². The first-order valence-electron chi connectivity index (χ1n) is 13.4. The Hall–Kier alpha value is -3.55. The van der Waals surface area contributed by atoms with Crippen LogP contribution >= 0.6 is 0 Å². The molecule has 0 aromatic heterocycles. The van der Waals surface area contributed by atoms with Gasteiger partial charge < -0.3 is 10.2 Å². The number of anilines is 1. The van der Waals surface area contributed by atoms with Gasteiger partial charge in [0.05, 0.1) is 6.04 Å². The molecule has 1 N–H and O–H groups in total. The number of benzene rings is 3. The number of nitrogens with zero attached hydrogens (tertiary/aromatic N) is 3. The summed E-state index contributed by atoms with van der Waals surface area (Å²) in [6.45, 7) is 10.7. The summed E-state index contributed by atoms with van der Waals surface area (Å²) in [5, 5.41) is 2.83. The number of rotatable bonds is 9. The molecule has 6 nitrogen and oxygen atoms in total. The predicted octanol–water partition coefficient (Wildman–Crippen LogP) is 5.17. The van der Waals surface area contributed by atoms with Gasteiger partial charge >= 0.3 is 0 Å². The van der Waals surface area contributed by atoms with Crippen molar-refractivity contribution >= 4 is 17.5 Å². The smallest absolute Gasteiger partial charge is 0.253 e. The molecule has 2 amide bonds. The molecule has 1 aliphatic heterocycles. The molecule has 0 aliphatic carbocycles. The molecule has 200 valence electrons. The van der Waals surface area contributed by atoms with E-state index in [0.29, 0.717) is 25.2 Å². The molecule has 38 heavy (non-hydrogen) atoms. The van der Waals surface area contributed by atoms with Crippen molar-refractivity contribution in [2.75, 3.05) is 44.6 Å². The number of halogens is 1. The molecule has 0 radical (unpaired) electrons. The lowest BCUT2D eigenvalue weighted by Crippen LogP contribution is -2.47. The SMILES string of the molecule is CCN(CC)C(=O)c1ccc(C(c2ccc(NC(C)=O)cc2)N2CCN(Cc3ccccc3F)CC2)cc1. The largest absolute Gasteiger partial charge is 0.339 e. The Morgan fingerprint density at radius 3 is 2.00 bits per heavy atom. The molecule has 1 aliphatic rings. The Balaban J connectivity index is 1.55. The average molecular weight is 517 g/mol. The van der Waals surface area contributed by atoms with Crippen LogP contribution in [-0.2, 0) is 11.3 Å². The van der Waals surface area contributed by atoms with Crippen LogP contribution in [0, 0.1) is 5.82 Å². The molecule has 3 aromatic rings. The summed E-state index contributed by atoms with van der Waals surface area (Å²) in [5.74, 6) is -0.223. The third-order valence-electron chi connectivity index (χ3n) is 7.19. The van der Waals surface area contributed by atoms with Gasteiger partial charge in [-0.15, -0.1) is 0 Å². The molecule has 4 rings (SSSR count). The minimum Gasteiger partial charge on any atom is -0.339 e. The Kier molecular flexibility index (Phi) is 9.26. The van der Waals surface area contributed by atoms with Gasteiger partial charge in [-0.3, -0.25) is 19.4 Å². The normalized spacial score (nSPS) is 15.2. The fourth-order valence-electron chi connectivity index (χ4n) is 5.11. The average Bonchev–Trinajstić information content (AvgIpc) is 2.93. The summed E-state index contributed by atoms with van der Waals surface area (Å²) in [6, 6.07) is 22.9. The van der Waals surface area contributed by atoms with Crippen molar-refractivity contribution < 1.29 is 14.0 Å². The zero-order chi connectivity index (χ0) is 27.1. The molecular formula is C31H37FN4O2. The maximum atomic E-state index is 14.2. The van der Waals surface area contributed by atoms with Crippen LogP contribution in [0.25, 0.3) is 0 Å². The maximum absolute atomic E-state index is 14.2. The van der Waals surface area contributed by atoms with Gasteiger partial charge in [-0.25, -0.2) is 4.39 Å². The van der Waals surface area contributed by atoms with Crippen LogP contribution in [0.3, 0.4) is 0 Å². The number of amides is 2. The second-order valence-corrected chi connectivity index (χ2v) is 9.71. The lowest BCUT2D eigenvalue weighted by atomic mass is 9.95. The summed E-state index contributed by atoms with van der Waals surface area (Å²) in [6.07, 6.45) is 0. The highest BCUT2D eigenvalue weighted by molar-refractivity contribution is 5.94. The summed E-state index contributed by atoms with van der Waals surface area (Å²) >= 11 is 0. The second kappa shape index (κ2) is 12.8. The Bertz CT molecular complexity index is 1220. The predicted molar refractivity (Wildman–Crippen MR) is 150 cm³/mol. The molecule has 1 saturated heterocycles.